The van der Waals surface area contributed by atoms with Gasteiger partial charge in [0.05, 0.1) is 11.4 Å². The molecule has 4 rings (SSSR count). The van der Waals surface area contributed by atoms with Crippen molar-refractivity contribution < 1.29 is 14.4 Å². The van der Waals surface area contributed by atoms with Gasteiger partial charge in [0.1, 0.15) is 12.6 Å². The normalized spacial score (nSPS) is 17.3. The number of carbonyl (C=O) groups excluding carboxylic acids is 3. The highest BCUT2D eigenvalue weighted by atomic mass is 35.5. The Hall–Kier alpha value is -3.06. The molecule has 2 aromatic carbocycles. The molecule has 3 amide bonds. The zero-order chi connectivity index (χ0) is 23.5. The summed E-state index contributed by atoms with van der Waals surface area (Å²) in [7, 11) is 0. The van der Waals surface area contributed by atoms with Crippen molar-refractivity contribution in [1.82, 2.24) is 4.90 Å². The molecule has 174 valence electrons. The maximum absolute atomic E-state index is 13.5. The fourth-order valence-electron chi connectivity index (χ4n) is 4.66. The van der Waals surface area contributed by atoms with Crippen molar-refractivity contribution in [3.63, 3.8) is 0 Å². The van der Waals surface area contributed by atoms with E-state index in [0.29, 0.717) is 35.1 Å². The molecule has 2 aromatic rings. The summed E-state index contributed by atoms with van der Waals surface area (Å²) in [5.41, 5.74) is 2.59. The number of rotatable bonds is 6. The first-order valence-corrected chi connectivity index (χ1v) is 11.9. The SMILES string of the molecule is CCN(CC)C(=O)c1ccc2c(c1)N(CC(=O)Nc1cccc(Cl)c1)C(=O)[C@@H]1CCCCN21. The lowest BCUT2D eigenvalue weighted by molar-refractivity contribution is -0.123. The molecule has 1 fully saturated rings. The maximum Gasteiger partial charge on any atom is 0.253 e. The smallest absolute Gasteiger partial charge is 0.253 e. The van der Waals surface area contributed by atoms with Gasteiger partial charge in [-0.05, 0) is 69.5 Å². The highest BCUT2D eigenvalue weighted by Gasteiger charge is 2.40. The second kappa shape index (κ2) is 9.83. The van der Waals surface area contributed by atoms with Crippen molar-refractivity contribution in [3.05, 3.63) is 53.1 Å². The minimum Gasteiger partial charge on any atom is -0.358 e. The van der Waals surface area contributed by atoms with Crippen molar-refractivity contribution in [1.29, 1.82) is 0 Å². The van der Waals surface area contributed by atoms with E-state index in [2.05, 4.69) is 10.2 Å². The van der Waals surface area contributed by atoms with Crippen LogP contribution >= 0.6 is 11.6 Å². The van der Waals surface area contributed by atoms with Gasteiger partial charge in [0.2, 0.25) is 11.8 Å². The summed E-state index contributed by atoms with van der Waals surface area (Å²) in [6, 6.07) is 12.1. The Kier molecular flexibility index (Phi) is 6.88. The van der Waals surface area contributed by atoms with Crippen LogP contribution in [0.4, 0.5) is 17.1 Å². The molecule has 7 nitrogen and oxygen atoms in total. The van der Waals surface area contributed by atoms with E-state index in [-0.39, 0.29) is 30.3 Å². The number of hydrogen-bond acceptors (Lipinski definition) is 4. The number of benzene rings is 2. The van der Waals surface area contributed by atoms with E-state index in [1.165, 1.54) is 4.90 Å². The topological polar surface area (TPSA) is 73.0 Å². The maximum atomic E-state index is 13.5. The predicted molar refractivity (Wildman–Crippen MR) is 131 cm³/mol. The zero-order valence-corrected chi connectivity index (χ0v) is 19.8. The number of nitrogens with zero attached hydrogens (tertiary/aromatic N) is 3. The number of nitrogens with one attached hydrogen (secondary N) is 1. The van der Waals surface area contributed by atoms with E-state index in [9.17, 15) is 14.4 Å². The third kappa shape index (κ3) is 4.69. The molecular weight excluding hydrogens is 440 g/mol. The second-order valence-electron chi connectivity index (χ2n) is 8.37. The van der Waals surface area contributed by atoms with Gasteiger partial charge in [0.25, 0.3) is 5.91 Å². The number of hydrogen-bond donors (Lipinski definition) is 1. The van der Waals surface area contributed by atoms with Crippen LogP contribution < -0.4 is 15.1 Å². The lowest BCUT2D eigenvalue weighted by Gasteiger charge is -2.45. The van der Waals surface area contributed by atoms with E-state index >= 15 is 0 Å². The third-order valence-electron chi connectivity index (χ3n) is 6.34. The molecule has 0 aliphatic carbocycles. The summed E-state index contributed by atoms with van der Waals surface area (Å²) in [6.45, 7) is 5.74. The highest BCUT2D eigenvalue weighted by molar-refractivity contribution is 6.30. The highest BCUT2D eigenvalue weighted by Crippen LogP contribution is 2.40. The second-order valence-corrected chi connectivity index (χ2v) is 8.81. The van der Waals surface area contributed by atoms with Crippen LogP contribution in [0, 0.1) is 0 Å². The molecule has 0 radical (unpaired) electrons. The number of amides is 3. The number of halogens is 1. The molecule has 0 bridgehead atoms. The first-order valence-electron chi connectivity index (χ1n) is 11.5. The number of carbonyl (C=O) groups is 3. The molecule has 2 aliphatic heterocycles. The van der Waals surface area contributed by atoms with Crippen LogP contribution in [0.5, 0.6) is 0 Å². The standard InChI is InChI=1S/C25H29ClN4O3/c1-3-28(4-2)24(32)17-11-12-20-22(14-17)30(25(33)21-10-5-6-13-29(20)21)16-23(31)27-19-9-7-8-18(26)15-19/h7-9,11-12,14-15,21H,3-6,10,13,16H2,1-2H3,(H,27,31)/t21-/m0/s1. The molecule has 1 atom stereocenters. The van der Waals surface area contributed by atoms with E-state index in [1.54, 1.807) is 35.2 Å². The van der Waals surface area contributed by atoms with Gasteiger partial charge in [-0.1, -0.05) is 17.7 Å². The fraction of sp³-hybridized carbons (Fsp3) is 0.400. The molecule has 1 saturated heterocycles. The summed E-state index contributed by atoms with van der Waals surface area (Å²) in [4.78, 5) is 44.7. The van der Waals surface area contributed by atoms with Gasteiger partial charge in [-0.2, -0.15) is 0 Å². The Labute approximate surface area is 199 Å². The first-order chi connectivity index (χ1) is 15.9. The summed E-state index contributed by atoms with van der Waals surface area (Å²) < 4.78 is 0. The van der Waals surface area contributed by atoms with Crippen LogP contribution in [0.25, 0.3) is 0 Å². The zero-order valence-electron chi connectivity index (χ0n) is 19.0. The van der Waals surface area contributed by atoms with Crippen LogP contribution in [0.2, 0.25) is 5.02 Å². The molecule has 2 heterocycles. The Balaban J connectivity index is 1.67. The van der Waals surface area contributed by atoms with E-state index in [1.807, 2.05) is 26.0 Å². The monoisotopic (exact) mass is 468 g/mol. The Morgan fingerprint density at radius 1 is 1.09 bits per heavy atom. The lowest BCUT2D eigenvalue weighted by Crippen LogP contribution is -2.56. The third-order valence-corrected chi connectivity index (χ3v) is 6.57. The molecule has 8 heteroatoms. The van der Waals surface area contributed by atoms with Gasteiger partial charge >= 0.3 is 0 Å². The Bertz CT molecular complexity index is 1070. The fourth-order valence-corrected chi connectivity index (χ4v) is 4.85. The van der Waals surface area contributed by atoms with Crippen LogP contribution in [-0.2, 0) is 9.59 Å². The van der Waals surface area contributed by atoms with E-state index < -0.39 is 0 Å². The number of piperidine rings is 1. The molecule has 0 unspecified atom stereocenters. The van der Waals surface area contributed by atoms with Gasteiger partial charge < -0.3 is 15.1 Å². The summed E-state index contributed by atoms with van der Waals surface area (Å²) in [5.74, 6) is -0.503. The van der Waals surface area contributed by atoms with Gasteiger partial charge in [-0.15, -0.1) is 0 Å². The van der Waals surface area contributed by atoms with Gasteiger partial charge in [0, 0.05) is 35.9 Å². The summed E-state index contributed by atoms with van der Waals surface area (Å²) in [6.07, 6.45) is 2.74. The molecule has 0 saturated carbocycles. The van der Waals surface area contributed by atoms with Crippen molar-refractivity contribution in [2.75, 3.05) is 41.3 Å². The summed E-state index contributed by atoms with van der Waals surface area (Å²) in [5, 5.41) is 3.34. The van der Waals surface area contributed by atoms with Crippen LogP contribution in [0.1, 0.15) is 43.5 Å². The predicted octanol–water partition coefficient (Wildman–Crippen LogP) is 4.17. The largest absolute Gasteiger partial charge is 0.358 e. The Morgan fingerprint density at radius 2 is 1.88 bits per heavy atom. The molecular formula is C25H29ClN4O3. The average Bonchev–Trinajstić information content (AvgIpc) is 2.82. The minimum atomic E-state index is -0.318. The molecule has 0 spiro atoms. The first kappa shape index (κ1) is 23.1. The van der Waals surface area contributed by atoms with Crippen LogP contribution in [0.15, 0.2) is 42.5 Å². The van der Waals surface area contributed by atoms with E-state index in [4.69, 9.17) is 11.6 Å². The minimum absolute atomic E-state index is 0.0839. The van der Waals surface area contributed by atoms with Crippen LogP contribution in [-0.4, -0.2) is 54.8 Å². The van der Waals surface area contributed by atoms with Crippen LogP contribution in [0.3, 0.4) is 0 Å². The van der Waals surface area contributed by atoms with Gasteiger partial charge in [-0.25, -0.2) is 0 Å². The van der Waals surface area contributed by atoms with Crippen molar-refractivity contribution in [3.8, 4) is 0 Å². The molecule has 0 aromatic heterocycles. The quantitative estimate of drug-likeness (QED) is 0.690. The number of fused-ring (bicyclic) bond motifs is 3. The molecule has 33 heavy (non-hydrogen) atoms. The number of anilines is 3. The van der Waals surface area contributed by atoms with E-state index in [0.717, 1.165) is 31.5 Å². The average molecular weight is 469 g/mol. The van der Waals surface area contributed by atoms with Crippen molar-refractivity contribution >= 4 is 46.4 Å². The van der Waals surface area contributed by atoms with Gasteiger partial charge in [0.15, 0.2) is 0 Å². The van der Waals surface area contributed by atoms with Gasteiger partial charge in [-0.3, -0.25) is 19.3 Å². The lowest BCUT2D eigenvalue weighted by atomic mass is 9.95. The molecule has 2 aliphatic rings. The van der Waals surface area contributed by atoms with Crippen molar-refractivity contribution in [2.45, 2.75) is 39.2 Å². The Morgan fingerprint density at radius 3 is 2.61 bits per heavy atom. The summed E-state index contributed by atoms with van der Waals surface area (Å²) >= 11 is 6.03. The van der Waals surface area contributed by atoms with Crippen molar-refractivity contribution in [2.24, 2.45) is 0 Å². The molecule has 1 N–H and O–H groups in total.